The molecule has 0 saturated heterocycles. The lowest BCUT2D eigenvalue weighted by atomic mass is 10.2. The number of hydrogen-bond donors (Lipinski definition) is 3. The van der Waals surface area contributed by atoms with Gasteiger partial charge >= 0.3 is 5.69 Å². The highest BCUT2D eigenvalue weighted by Crippen LogP contribution is 2.17. The van der Waals surface area contributed by atoms with Gasteiger partial charge in [-0.05, 0) is 18.2 Å². The number of nitrogens with one attached hydrogen (secondary N) is 2. The number of benzene rings is 1. The van der Waals surface area contributed by atoms with Crippen molar-refractivity contribution in [3.05, 3.63) is 28.7 Å². The second kappa shape index (κ2) is 3.82. The van der Waals surface area contributed by atoms with E-state index in [9.17, 15) is 9.59 Å². The number of imidazole rings is 1. The number of H-pyrrole nitrogens is 2. The van der Waals surface area contributed by atoms with E-state index in [0.717, 1.165) is 0 Å². The van der Waals surface area contributed by atoms with Gasteiger partial charge in [0.05, 0.1) is 11.0 Å². The summed E-state index contributed by atoms with van der Waals surface area (Å²) in [5, 5.41) is 8.73. The maximum absolute atomic E-state index is 11.2. The molecule has 0 atom stereocenters. The summed E-state index contributed by atoms with van der Waals surface area (Å²) in [7, 11) is 1.56. The smallest absolute Gasteiger partial charge is 0.323 e. The molecule has 0 radical (unpaired) electrons. The van der Waals surface area contributed by atoms with Crippen molar-refractivity contribution in [3.8, 4) is 0 Å². The first-order chi connectivity index (χ1) is 7.61. The van der Waals surface area contributed by atoms with Crippen LogP contribution in [-0.2, 0) is 4.79 Å². The van der Waals surface area contributed by atoms with E-state index in [-0.39, 0.29) is 5.69 Å². The molecule has 1 aromatic carbocycles. The molecule has 1 heterocycles. The molecule has 0 aliphatic rings. The van der Waals surface area contributed by atoms with E-state index in [4.69, 9.17) is 5.11 Å². The Morgan fingerprint density at radius 2 is 2.06 bits per heavy atom. The summed E-state index contributed by atoms with van der Waals surface area (Å²) in [5.41, 5.74) is 1.63. The van der Waals surface area contributed by atoms with Gasteiger partial charge in [0, 0.05) is 12.7 Å². The Kier molecular flexibility index (Phi) is 2.49. The zero-order chi connectivity index (χ0) is 11.7. The molecule has 1 amide bonds. The Hall–Kier alpha value is -2.08. The zero-order valence-corrected chi connectivity index (χ0v) is 8.65. The molecular weight excluding hydrogens is 210 g/mol. The van der Waals surface area contributed by atoms with Gasteiger partial charge in [0.1, 0.15) is 6.61 Å². The first-order valence-corrected chi connectivity index (χ1v) is 4.71. The summed E-state index contributed by atoms with van der Waals surface area (Å²) >= 11 is 0. The van der Waals surface area contributed by atoms with Crippen molar-refractivity contribution in [3.63, 3.8) is 0 Å². The molecule has 84 valence electrons. The Balaban J connectivity index is 2.46. The van der Waals surface area contributed by atoms with E-state index in [1.807, 2.05) is 0 Å². The Bertz CT molecular complexity index is 584. The second-order valence-corrected chi connectivity index (χ2v) is 3.42. The van der Waals surface area contributed by atoms with E-state index in [1.165, 1.54) is 4.90 Å². The zero-order valence-electron chi connectivity index (χ0n) is 8.65. The summed E-state index contributed by atoms with van der Waals surface area (Å²) in [6.07, 6.45) is 0. The highest BCUT2D eigenvalue weighted by Gasteiger charge is 2.10. The van der Waals surface area contributed by atoms with E-state index >= 15 is 0 Å². The van der Waals surface area contributed by atoms with Crippen molar-refractivity contribution >= 4 is 22.6 Å². The molecule has 1 aromatic heterocycles. The van der Waals surface area contributed by atoms with Crippen LogP contribution in [0.2, 0.25) is 0 Å². The van der Waals surface area contributed by atoms with Gasteiger partial charge in [0.25, 0.3) is 5.91 Å². The minimum absolute atomic E-state index is 0.289. The van der Waals surface area contributed by atoms with Gasteiger partial charge in [-0.25, -0.2) is 4.79 Å². The number of aromatic nitrogens is 2. The fourth-order valence-electron chi connectivity index (χ4n) is 1.48. The lowest BCUT2D eigenvalue weighted by Crippen LogP contribution is -2.28. The summed E-state index contributed by atoms with van der Waals surface area (Å²) in [6, 6.07) is 5.06. The van der Waals surface area contributed by atoms with Gasteiger partial charge in [-0.1, -0.05) is 0 Å². The molecule has 0 saturated carbocycles. The number of aliphatic hydroxyl groups excluding tert-OH is 1. The van der Waals surface area contributed by atoms with E-state index in [2.05, 4.69) is 9.97 Å². The summed E-state index contributed by atoms with van der Waals surface area (Å²) in [6.45, 7) is -0.543. The topological polar surface area (TPSA) is 89.2 Å². The van der Waals surface area contributed by atoms with Gasteiger partial charge in [-0.2, -0.15) is 0 Å². The van der Waals surface area contributed by atoms with Crippen molar-refractivity contribution in [2.24, 2.45) is 0 Å². The number of rotatable bonds is 2. The first kappa shape index (κ1) is 10.4. The van der Waals surface area contributed by atoms with Crippen molar-refractivity contribution in [1.82, 2.24) is 9.97 Å². The minimum Gasteiger partial charge on any atom is -0.387 e. The number of aromatic amines is 2. The van der Waals surface area contributed by atoms with E-state index < -0.39 is 12.5 Å². The third-order valence-electron chi connectivity index (χ3n) is 2.40. The molecule has 6 heteroatoms. The fourth-order valence-corrected chi connectivity index (χ4v) is 1.48. The molecular formula is C10H11N3O3. The van der Waals surface area contributed by atoms with Crippen LogP contribution in [0.3, 0.4) is 0 Å². The molecule has 2 aromatic rings. The minimum atomic E-state index is -0.543. The Morgan fingerprint density at radius 3 is 2.75 bits per heavy atom. The Labute approximate surface area is 90.5 Å². The van der Waals surface area contributed by atoms with Crippen LogP contribution < -0.4 is 10.6 Å². The standard InChI is InChI=1S/C10H11N3O3/c1-13(9(15)5-14)6-2-3-7-8(4-6)12-10(16)11-7/h2-4,14H,5H2,1H3,(H2,11,12,16). The van der Waals surface area contributed by atoms with Crippen molar-refractivity contribution in [1.29, 1.82) is 0 Å². The number of hydrogen-bond acceptors (Lipinski definition) is 3. The molecule has 0 aliphatic heterocycles. The van der Waals surface area contributed by atoms with Crippen LogP contribution in [0.25, 0.3) is 11.0 Å². The van der Waals surface area contributed by atoms with Gasteiger partial charge < -0.3 is 20.0 Å². The van der Waals surface area contributed by atoms with Crippen LogP contribution in [0.5, 0.6) is 0 Å². The molecule has 0 fully saturated rings. The average molecular weight is 221 g/mol. The van der Waals surface area contributed by atoms with Crippen molar-refractivity contribution in [2.45, 2.75) is 0 Å². The number of carbonyl (C=O) groups excluding carboxylic acids is 1. The molecule has 6 nitrogen and oxygen atoms in total. The number of carbonyl (C=O) groups is 1. The number of fused-ring (bicyclic) bond motifs is 1. The predicted octanol–water partition coefficient (Wildman–Crippen LogP) is -0.189. The monoisotopic (exact) mass is 221 g/mol. The van der Waals surface area contributed by atoms with E-state index in [0.29, 0.717) is 16.7 Å². The molecule has 0 unspecified atom stereocenters. The number of nitrogens with zero attached hydrogens (tertiary/aromatic N) is 1. The maximum Gasteiger partial charge on any atom is 0.323 e. The third kappa shape index (κ3) is 1.70. The molecule has 0 spiro atoms. The summed E-state index contributed by atoms with van der Waals surface area (Å²) in [5.74, 6) is -0.405. The largest absolute Gasteiger partial charge is 0.387 e. The van der Waals surface area contributed by atoms with Crippen molar-refractivity contribution in [2.75, 3.05) is 18.6 Å². The van der Waals surface area contributed by atoms with Crippen LogP contribution in [0, 0.1) is 0 Å². The quantitative estimate of drug-likeness (QED) is 0.656. The van der Waals surface area contributed by atoms with Crippen LogP contribution in [0.4, 0.5) is 5.69 Å². The van der Waals surface area contributed by atoms with Crippen LogP contribution in [-0.4, -0.2) is 34.6 Å². The molecule has 0 aliphatic carbocycles. The number of likely N-dealkylation sites (N-methyl/N-ethyl adjacent to an activating group) is 1. The maximum atomic E-state index is 11.2. The van der Waals surface area contributed by atoms with Gasteiger partial charge in [-0.15, -0.1) is 0 Å². The highest BCUT2D eigenvalue weighted by atomic mass is 16.3. The molecule has 16 heavy (non-hydrogen) atoms. The number of aliphatic hydroxyl groups is 1. The summed E-state index contributed by atoms with van der Waals surface area (Å²) < 4.78 is 0. The van der Waals surface area contributed by atoms with Crippen molar-refractivity contribution < 1.29 is 9.90 Å². The number of amides is 1. The molecule has 2 rings (SSSR count). The van der Waals surface area contributed by atoms with Crippen LogP contribution in [0.1, 0.15) is 0 Å². The van der Waals surface area contributed by atoms with Gasteiger partial charge in [-0.3, -0.25) is 4.79 Å². The fraction of sp³-hybridized carbons (Fsp3) is 0.200. The predicted molar refractivity (Wildman–Crippen MR) is 59.4 cm³/mol. The Morgan fingerprint density at radius 1 is 1.38 bits per heavy atom. The number of anilines is 1. The van der Waals surface area contributed by atoms with Gasteiger partial charge in [0.2, 0.25) is 0 Å². The highest BCUT2D eigenvalue weighted by molar-refractivity contribution is 5.95. The summed E-state index contributed by atoms with van der Waals surface area (Å²) in [4.78, 5) is 28.8. The first-order valence-electron chi connectivity index (χ1n) is 4.71. The SMILES string of the molecule is CN(C(=O)CO)c1ccc2[nH]c(=O)[nH]c2c1. The van der Waals surface area contributed by atoms with Gasteiger partial charge in [0.15, 0.2) is 0 Å². The lowest BCUT2D eigenvalue weighted by molar-refractivity contribution is -0.120. The normalized spacial score (nSPS) is 10.6. The average Bonchev–Trinajstić information content (AvgIpc) is 2.65. The van der Waals surface area contributed by atoms with Crippen LogP contribution in [0.15, 0.2) is 23.0 Å². The lowest BCUT2D eigenvalue weighted by Gasteiger charge is -2.15. The molecule has 0 bridgehead atoms. The van der Waals surface area contributed by atoms with E-state index in [1.54, 1.807) is 25.2 Å². The molecule has 3 N–H and O–H groups in total. The van der Waals surface area contributed by atoms with Crippen LogP contribution >= 0.6 is 0 Å². The second-order valence-electron chi connectivity index (χ2n) is 3.42. The third-order valence-corrected chi connectivity index (χ3v) is 2.40.